The number of fused-ring (bicyclic) bond motifs is 2. The maximum Gasteiger partial charge on any atom is 0.261 e. The minimum absolute atomic E-state index is 0.136. The summed E-state index contributed by atoms with van der Waals surface area (Å²) in [6, 6.07) is 15.5. The zero-order chi connectivity index (χ0) is 42.2. The van der Waals surface area contributed by atoms with Crippen molar-refractivity contribution >= 4 is 63.6 Å². The third-order valence-electron chi connectivity index (χ3n) is 8.80. The zero-order valence-electron chi connectivity index (χ0n) is 36.2. The van der Waals surface area contributed by atoms with Gasteiger partial charge < -0.3 is 26.2 Å². The lowest BCUT2D eigenvalue weighted by atomic mass is 9.91. The molecule has 57 heavy (non-hydrogen) atoms. The molecule has 0 spiro atoms. The molecule has 6 rings (SSSR count). The van der Waals surface area contributed by atoms with Gasteiger partial charge in [-0.15, -0.1) is 11.8 Å². The molecular formula is C43H61N11O2S. The molecule has 0 saturated heterocycles. The quantitative estimate of drug-likeness (QED) is 0.0834. The topological polar surface area (TPSA) is 152 Å². The maximum atomic E-state index is 12.9. The van der Waals surface area contributed by atoms with E-state index >= 15 is 0 Å². The average molecular weight is 796 g/mol. The van der Waals surface area contributed by atoms with E-state index in [9.17, 15) is 9.59 Å². The van der Waals surface area contributed by atoms with Gasteiger partial charge in [-0.25, -0.2) is 19.0 Å². The molecule has 2 amide bonds. The smallest absolute Gasteiger partial charge is 0.261 e. The number of rotatable bonds is 8. The summed E-state index contributed by atoms with van der Waals surface area (Å²) in [6.45, 7) is 25.3. The van der Waals surface area contributed by atoms with E-state index in [1.54, 1.807) is 24.2 Å². The number of imidazole rings is 2. The molecule has 2 aromatic carbocycles. The number of carbonyl (C=O) groups excluding carboxylic acids is 2. The fourth-order valence-corrected chi connectivity index (χ4v) is 6.48. The van der Waals surface area contributed by atoms with Gasteiger partial charge in [0.05, 0.1) is 11.4 Å². The highest BCUT2D eigenvalue weighted by atomic mass is 32.2. The van der Waals surface area contributed by atoms with Gasteiger partial charge in [-0.05, 0) is 96.3 Å². The molecule has 13 nitrogen and oxygen atoms in total. The first-order valence-electron chi connectivity index (χ1n) is 19.2. The summed E-state index contributed by atoms with van der Waals surface area (Å²) in [7, 11) is 3.97. The Morgan fingerprint density at radius 2 is 0.982 bits per heavy atom. The lowest BCUT2D eigenvalue weighted by molar-refractivity contribution is 0.102. The Bertz CT molecular complexity index is 2330. The Kier molecular flexibility index (Phi) is 11.9. The SMILES string of the molecule is CN(C)c1ccc(NC(=O)c2c[nH]n3c(NC(C)(C)C)c(C(C)(C)C)nc23)cc1.CSc1ccc(NC(=O)c2c[nH]n3c(NC(C)(C)C)c(C(C)(C)C)nc23)cc1. The van der Waals surface area contributed by atoms with E-state index < -0.39 is 0 Å². The predicted molar refractivity (Wildman–Crippen MR) is 238 cm³/mol. The highest BCUT2D eigenvalue weighted by Crippen LogP contribution is 2.34. The van der Waals surface area contributed by atoms with Gasteiger partial charge in [-0.1, -0.05) is 41.5 Å². The highest BCUT2D eigenvalue weighted by molar-refractivity contribution is 7.98. The lowest BCUT2D eigenvalue weighted by Crippen LogP contribution is -2.29. The molecule has 6 N–H and O–H groups in total. The number of hydrogen-bond acceptors (Lipinski definition) is 8. The number of carbonyl (C=O) groups is 2. The van der Waals surface area contributed by atoms with Crippen LogP contribution in [0.25, 0.3) is 11.3 Å². The van der Waals surface area contributed by atoms with Crippen molar-refractivity contribution in [2.24, 2.45) is 0 Å². The monoisotopic (exact) mass is 795 g/mol. The fraction of sp³-hybridized carbons (Fsp3) is 0.442. The second kappa shape index (κ2) is 15.9. The van der Waals surface area contributed by atoms with Crippen molar-refractivity contribution in [1.29, 1.82) is 0 Å². The number of hydrogen-bond donors (Lipinski definition) is 6. The van der Waals surface area contributed by atoms with E-state index in [1.807, 2.05) is 82.8 Å². The largest absolute Gasteiger partial charge is 0.378 e. The van der Waals surface area contributed by atoms with Crippen LogP contribution in [0.15, 0.2) is 65.8 Å². The van der Waals surface area contributed by atoms with Gasteiger partial charge in [0.1, 0.15) is 11.1 Å². The summed E-state index contributed by atoms with van der Waals surface area (Å²) in [5.41, 5.74) is 6.07. The van der Waals surface area contributed by atoms with Crippen LogP contribution in [0.1, 0.15) is 115 Å². The van der Waals surface area contributed by atoms with Gasteiger partial charge in [0.25, 0.3) is 11.8 Å². The number of amides is 2. The minimum Gasteiger partial charge on any atom is -0.378 e. The number of aromatic amines is 2. The van der Waals surface area contributed by atoms with Crippen LogP contribution in [0.3, 0.4) is 0 Å². The molecule has 14 heteroatoms. The highest BCUT2D eigenvalue weighted by Gasteiger charge is 2.31. The zero-order valence-corrected chi connectivity index (χ0v) is 37.1. The molecule has 4 heterocycles. The van der Waals surface area contributed by atoms with Crippen molar-refractivity contribution in [3.8, 4) is 0 Å². The summed E-state index contributed by atoms with van der Waals surface area (Å²) < 4.78 is 3.72. The van der Waals surface area contributed by atoms with Gasteiger partial charge in [0.2, 0.25) is 0 Å². The first-order valence-corrected chi connectivity index (χ1v) is 20.4. The summed E-state index contributed by atoms with van der Waals surface area (Å²) in [4.78, 5) is 38.7. The Morgan fingerprint density at radius 1 is 0.614 bits per heavy atom. The van der Waals surface area contributed by atoms with Gasteiger partial charge in [0.15, 0.2) is 22.9 Å². The van der Waals surface area contributed by atoms with Crippen molar-refractivity contribution in [1.82, 2.24) is 29.2 Å². The van der Waals surface area contributed by atoms with E-state index in [2.05, 4.69) is 115 Å². The molecule has 0 bridgehead atoms. The van der Waals surface area contributed by atoms with Crippen LogP contribution in [0, 0.1) is 0 Å². The molecule has 0 radical (unpaired) electrons. The Labute approximate surface area is 341 Å². The third-order valence-corrected chi connectivity index (χ3v) is 9.54. The van der Waals surface area contributed by atoms with Gasteiger partial charge in [-0.2, -0.15) is 0 Å². The lowest BCUT2D eigenvalue weighted by Gasteiger charge is -2.25. The number of H-pyrrole nitrogens is 2. The van der Waals surface area contributed by atoms with Crippen molar-refractivity contribution in [3.05, 3.63) is 83.4 Å². The average Bonchev–Trinajstić information content (AvgIpc) is 3.86. The van der Waals surface area contributed by atoms with Gasteiger partial charge in [0, 0.05) is 70.4 Å². The number of anilines is 5. The van der Waals surface area contributed by atoms with E-state index in [1.165, 1.54) is 0 Å². The molecule has 0 aliphatic rings. The van der Waals surface area contributed by atoms with Gasteiger partial charge in [-0.3, -0.25) is 19.8 Å². The van der Waals surface area contributed by atoms with Crippen LogP contribution in [0.4, 0.5) is 28.7 Å². The molecule has 0 aliphatic carbocycles. The van der Waals surface area contributed by atoms with E-state index in [-0.39, 0.29) is 33.7 Å². The van der Waals surface area contributed by atoms with Crippen LogP contribution in [-0.4, -0.2) is 72.4 Å². The molecule has 6 aromatic rings. The maximum absolute atomic E-state index is 12.9. The van der Waals surface area contributed by atoms with Crippen LogP contribution in [0.5, 0.6) is 0 Å². The molecule has 0 atom stereocenters. The van der Waals surface area contributed by atoms with Crippen molar-refractivity contribution in [2.45, 2.75) is 110 Å². The van der Waals surface area contributed by atoms with Crippen LogP contribution >= 0.6 is 11.8 Å². The number of aromatic nitrogens is 6. The molecule has 0 saturated carbocycles. The molecule has 0 unspecified atom stereocenters. The first-order chi connectivity index (χ1) is 26.4. The normalized spacial score (nSPS) is 12.3. The van der Waals surface area contributed by atoms with E-state index in [0.717, 1.165) is 45.0 Å². The Morgan fingerprint density at radius 3 is 1.30 bits per heavy atom. The summed E-state index contributed by atoms with van der Waals surface area (Å²) in [5, 5.41) is 19.4. The Balaban J connectivity index is 0.000000218. The number of thioether (sulfide) groups is 1. The summed E-state index contributed by atoms with van der Waals surface area (Å²) >= 11 is 1.67. The number of nitrogens with one attached hydrogen (secondary N) is 6. The molecule has 0 fully saturated rings. The fourth-order valence-electron chi connectivity index (χ4n) is 6.08. The van der Waals surface area contributed by atoms with Crippen molar-refractivity contribution < 1.29 is 9.59 Å². The standard InChI is InChI=1S/C22H32N6O.C21H29N5OS/c1-21(2,3)17-19(26-22(4,5)6)28-18(25-17)16(13-23-28)20(29)24-14-9-11-15(12-10-14)27(7)8;1-20(2,3)16-18(25-21(4,5)6)26-17(24-16)15(12-22-26)19(27)23-13-8-10-14(28-7)11-9-13/h9-13,23,26H,1-8H3,(H,24,29);8-12,22,25H,1-7H3,(H,23,27). The second-order valence-electron chi connectivity index (χ2n) is 18.6. The number of benzene rings is 2. The first kappa shape index (κ1) is 42.8. The minimum atomic E-state index is -0.193. The van der Waals surface area contributed by atoms with Crippen molar-refractivity contribution in [3.63, 3.8) is 0 Å². The van der Waals surface area contributed by atoms with E-state index in [4.69, 9.17) is 9.97 Å². The Hall–Kier alpha value is -5.37. The second-order valence-corrected chi connectivity index (χ2v) is 19.5. The summed E-state index contributed by atoms with van der Waals surface area (Å²) in [5.74, 6) is 1.39. The molecule has 4 aromatic heterocycles. The van der Waals surface area contributed by atoms with Gasteiger partial charge >= 0.3 is 0 Å². The van der Waals surface area contributed by atoms with Crippen LogP contribution in [-0.2, 0) is 10.8 Å². The molecule has 306 valence electrons. The van der Waals surface area contributed by atoms with Crippen molar-refractivity contribution in [2.75, 3.05) is 46.5 Å². The van der Waals surface area contributed by atoms with Crippen LogP contribution in [0.2, 0.25) is 0 Å². The van der Waals surface area contributed by atoms with Crippen LogP contribution < -0.4 is 26.2 Å². The van der Waals surface area contributed by atoms with E-state index in [0.29, 0.717) is 22.4 Å². The molecule has 0 aliphatic heterocycles. The molecular weight excluding hydrogens is 735 g/mol. The summed E-state index contributed by atoms with van der Waals surface area (Å²) in [6.07, 6.45) is 5.43. The predicted octanol–water partition coefficient (Wildman–Crippen LogP) is 9.63. The number of nitrogens with zero attached hydrogens (tertiary/aromatic N) is 5. The third kappa shape index (κ3) is 10.1.